The third-order valence-corrected chi connectivity index (χ3v) is 6.72. The molecule has 0 aliphatic heterocycles. The standard InChI is InChI=1S/C27H30ClN5O3/c1-4-22(27(34)35)31-26-17(2)30-24(33(26)3)16-19-7-11-21(12-8-19)36-25-13-14-29-23(32-25)15-18-5-9-20(28)10-6-18/h4-6,9-10,13-14,19,21H,1,7-8,11-12,15-16H2,2-3H3,(H,34,35). The van der Waals surface area contributed by atoms with Crippen LogP contribution >= 0.6 is 11.6 Å². The normalized spacial score (nSPS) is 18.1. The lowest BCUT2D eigenvalue weighted by atomic mass is 9.85. The maximum absolute atomic E-state index is 11.3. The summed E-state index contributed by atoms with van der Waals surface area (Å²) in [6.07, 6.45) is 8.46. The van der Waals surface area contributed by atoms with Gasteiger partial charge in [0.25, 0.3) is 0 Å². The summed E-state index contributed by atoms with van der Waals surface area (Å²) >= 11 is 5.97. The van der Waals surface area contributed by atoms with Crippen LogP contribution in [0.4, 0.5) is 5.82 Å². The third-order valence-electron chi connectivity index (χ3n) is 6.47. The highest BCUT2D eigenvalue weighted by Gasteiger charge is 2.25. The molecule has 0 amide bonds. The molecule has 1 saturated carbocycles. The van der Waals surface area contributed by atoms with E-state index in [4.69, 9.17) is 16.3 Å². The molecule has 8 nitrogen and oxygen atoms in total. The fourth-order valence-electron chi connectivity index (χ4n) is 4.52. The Balaban J connectivity index is 1.33. The second-order valence-electron chi connectivity index (χ2n) is 9.08. The molecular weight excluding hydrogens is 478 g/mol. The molecule has 0 unspecified atom stereocenters. The number of rotatable bonds is 9. The second kappa shape index (κ2) is 11.5. The van der Waals surface area contributed by atoms with E-state index in [-0.39, 0.29) is 11.8 Å². The lowest BCUT2D eigenvalue weighted by Crippen LogP contribution is -2.26. The van der Waals surface area contributed by atoms with E-state index >= 15 is 0 Å². The second-order valence-corrected chi connectivity index (χ2v) is 9.52. The highest BCUT2D eigenvalue weighted by atomic mass is 35.5. The molecule has 1 aliphatic rings. The van der Waals surface area contributed by atoms with E-state index in [1.165, 1.54) is 6.08 Å². The third kappa shape index (κ3) is 6.37. The lowest BCUT2D eigenvalue weighted by molar-refractivity contribution is -0.129. The molecule has 1 aromatic carbocycles. The van der Waals surface area contributed by atoms with Gasteiger partial charge < -0.3 is 14.4 Å². The van der Waals surface area contributed by atoms with Gasteiger partial charge in [-0.1, -0.05) is 30.3 Å². The van der Waals surface area contributed by atoms with Crippen molar-refractivity contribution in [1.82, 2.24) is 19.5 Å². The minimum Gasteiger partial charge on any atom is -0.477 e. The zero-order chi connectivity index (χ0) is 25.7. The first kappa shape index (κ1) is 25.6. The maximum atomic E-state index is 11.3. The average Bonchev–Trinajstić information content (AvgIpc) is 3.12. The Morgan fingerprint density at radius 1 is 1.22 bits per heavy atom. The first-order chi connectivity index (χ1) is 17.3. The fraction of sp³-hybridized carbons (Fsp3) is 0.370. The van der Waals surface area contributed by atoms with Crippen LogP contribution in [0.2, 0.25) is 5.02 Å². The van der Waals surface area contributed by atoms with E-state index in [1.807, 2.05) is 48.9 Å². The van der Waals surface area contributed by atoms with Crippen LogP contribution in [0.15, 0.2) is 54.2 Å². The van der Waals surface area contributed by atoms with E-state index in [2.05, 4.69) is 26.5 Å². The quantitative estimate of drug-likeness (QED) is 0.395. The summed E-state index contributed by atoms with van der Waals surface area (Å²) in [6, 6.07) is 9.49. The number of aromatic nitrogens is 4. The zero-order valence-electron chi connectivity index (χ0n) is 20.5. The van der Waals surface area contributed by atoms with Crippen molar-refractivity contribution in [2.45, 2.75) is 51.6 Å². The van der Waals surface area contributed by atoms with E-state index in [9.17, 15) is 9.90 Å². The SMILES string of the molecule is C=CC(=Nc1c(C)nc(CC2CCC(Oc3ccnc(Cc4ccc(Cl)cc4)n3)CC2)n1C)C(=O)O. The van der Waals surface area contributed by atoms with Crippen molar-refractivity contribution in [3.8, 4) is 5.88 Å². The summed E-state index contributed by atoms with van der Waals surface area (Å²) < 4.78 is 8.08. The lowest BCUT2D eigenvalue weighted by Gasteiger charge is -2.28. The molecule has 36 heavy (non-hydrogen) atoms. The Morgan fingerprint density at radius 3 is 2.61 bits per heavy atom. The molecule has 188 valence electrons. The summed E-state index contributed by atoms with van der Waals surface area (Å²) in [5, 5.41) is 9.96. The monoisotopic (exact) mass is 507 g/mol. The Kier molecular flexibility index (Phi) is 8.15. The van der Waals surface area contributed by atoms with Crippen molar-refractivity contribution in [1.29, 1.82) is 0 Å². The number of halogens is 1. The van der Waals surface area contributed by atoms with Crippen molar-refractivity contribution >= 4 is 29.1 Å². The van der Waals surface area contributed by atoms with Gasteiger partial charge in [0.1, 0.15) is 23.5 Å². The van der Waals surface area contributed by atoms with Gasteiger partial charge in [0.05, 0.1) is 5.69 Å². The van der Waals surface area contributed by atoms with Gasteiger partial charge in [-0.25, -0.2) is 19.8 Å². The molecule has 3 aromatic rings. The number of aryl methyl sites for hydroxylation is 1. The largest absolute Gasteiger partial charge is 0.477 e. The van der Waals surface area contributed by atoms with E-state index in [0.29, 0.717) is 34.8 Å². The van der Waals surface area contributed by atoms with Gasteiger partial charge in [-0.3, -0.25) is 0 Å². The van der Waals surface area contributed by atoms with Gasteiger partial charge in [-0.05, 0) is 62.3 Å². The van der Waals surface area contributed by atoms with Crippen molar-refractivity contribution in [2.75, 3.05) is 0 Å². The van der Waals surface area contributed by atoms with Gasteiger partial charge in [0.15, 0.2) is 5.82 Å². The molecule has 1 N–H and O–H groups in total. The Morgan fingerprint density at radius 2 is 1.94 bits per heavy atom. The Hall–Kier alpha value is -3.52. The number of ether oxygens (including phenoxy) is 1. The number of carboxylic acid groups (broad SMARTS) is 1. The van der Waals surface area contributed by atoms with E-state index in [0.717, 1.165) is 49.3 Å². The molecule has 0 spiro atoms. The topological polar surface area (TPSA) is 102 Å². The molecule has 9 heteroatoms. The van der Waals surface area contributed by atoms with Crippen LogP contribution in [0.5, 0.6) is 5.88 Å². The minimum atomic E-state index is -1.11. The number of carboxylic acids is 1. The molecule has 2 aromatic heterocycles. The van der Waals surface area contributed by atoms with Crippen LogP contribution in [0.3, 0.4) is 0 Å². The molecule has 0 saturated heterocycles. The summed E-state index contributed by atoms with van der Waals surface area (Å²) in [6.45, 7) is 5.38. The maximum Gasteiger partial charge on any atom is 0.354 e. The predicted octanol–water partition coefficient (Wildman–Crippen LogP) is 5.29. The fourth-order valence-corrected chi connectivity index (χ4v) is 4.64. The van der Waals surface area contributed by atoms with Crippen LogP contribution in [0.25, 0.3) is 0 Å². The van der Waals surface area contributed by atoms with Crippen LogP contribution in [-0.2, 0) is 24.7 Å². The molecular formula is C27H30ClN5O3. The number of imidazole rings is 1. The summed E-state index contributed by atoms with van der Waals surface area (Å²) in [7, 11) is 1.88. The number of hydrogen-bond donors (Lipinski definition) is 1. The highest BCUT2D eigenvalue weighted by molar-refractivity contribution is 6.40. The molecule has 2 heterocycles. The summed E-state index contributed by atoms with van der Waals surface area (Å²) in [4.78, 5) is 29.2. The number of hydrogen-bond acceptors (Lipinski definition) is 6. The zero-order valence-corrected chi connectivity index (χ0v) is 21.3. The molecule has 0 radical (unpaired) electrons. The predicted molar refractivity (Wildman–Crippen MR) is 139 cm³/mol. The van der Waals surface area contributed by atoms with E-state index in [1.54, 1.807) is 6.20 Å². The number of carbonyl (C=O) groups is 1. The molecule has 1 aliphatic carbocycles. The van der Waals surface area contributed by atoms with Crippen LogP contribution in [-0.4, -0.2) is 42.4 Å². The van der Waals surface area contributed by atoms with Gasteiger partial charge in [-0.2, -0.15) is 4.98 Å². The smallest absolute Gasteiger partial charge is 0.354 e. The molecule has 0 bridgehead atoms. The van der Waals surface area contributed by atoms with Crippen molar-refractivity contribution in [2.24, 2.45) is 18.0 Å². The van der Waals surface area contributed by atoms with Gasteiger partial charge in [-0.15, -0.1) is 0 Å². The van der Waals surface area contributed by atoms with Crippen LogP contribution < -0.4 is 4.74 Å². The van der Waals surface area contributed by atoms with Crippen molar-refractivity contribution < 1.29 is 14.6 Å². The number of aliphatic carboxylic acids is 1. The molecule has 0 atom stereocenters. The molecule has 1 fully saturated rings. The van der Waals surface area contributed by atoms with Gasteiger partial charge in [0, 0.05) is 37.2 Å². The van der Waals surface area contributed by atoms with E-state index < -0.39 is 5.97 Å². The average molecular weight is 508 g/mol. The highest BCUT2D eigenvalue weighted by Crippen LogP contribution is 2.31. The Bertz CT molecular complexity index is 1260. The summed E-state index contributed by atoms with van der Waals surface area (Å²) in [5.74, 6) is 2.16. The van der Waals surface area contributed by atoms with Gasteiger partial charge >= 0.3 is 5.97 Å². The van der Waals surface area contributed by atoms with Crippen LogP contribution in [0.1, 0.15) is 48.6 Å². The first-order valence-electron chi connectivity index (χ1n) is 12.0. The molecule has 4 rings (SSSR count). The Labute approximate surface area is 215 Å². The van der Waals surface area contributed by atoms with Crippen molar-refractivity contribution in [3.63, 3.8) is 0 Å². The van der Waals surface area contributed by atoms with Crippen LogP contribution in [0, 0.1) is 12.8 Å². The number of aliphatic imine (C=N–C) groups is 1. The minimum absolute atomic E-state index is 0.0913. The first-order valence-corrected chi connectivity index (χ1v) is 12.4. The summed E-state index contributed by atoms with van der Waals surface area (Å²) in [5.41, 5.74) is 1.72. The number of benzene rings is 1. The number of nitrogens with zero attached hydrogens (tertiary/aromatic N) is 5. The van der Waals surface area contributed by atoms with Gasteiger partial charge in [0.2, 0.25) is 5.88 Å². The van der Waals surface area contributed by atoms with Crippen molar-refractivity contribution in [3.05, 3.63) is 77.1 Å².